The van der Waals surface area contributed by atoms with Crippen LogP contribution in [0.25, 0.3) is 0 Å². The lowest BCUT2D eigenvalue weighted by atomic mass is 9.64. The van der Waals surface area contributed by atoms with Gasteiger partial charge in [0.15, 0.2) is 0 Å². The van der Waals surface area contributed by atoms with Crippen molar-refractivity contribution in [2.24, 2.45) is 5.41 Å². The average Bonchev–Trinajstić information content (AvgIpc) is 3.58. The third-order valence-electron chi connectivity index (χ3n) is 10.7. The summed E-state index contributed by atoms with van der Waals surface area (Å²) in [5, 5.41) is 0. The molecule has 0 radical (unpaired) electrons. The lowest BCUT2D eigenvalue weighted by Crippen LogP contribution is -2.40. The smallest absolute Gasteiger partial charge is 0.0976 e. The summed E-state index contributed by atoms with van der Waals surface area (Å²) in [4.78, 5) is 0. The first-order valence-corrected chi connectivity index (χ1v) is 14.7. The van der Waals surface area contributed by atoms with Crippen LogP contribution in [0.1, 0.15) is 113 Å². The van der Waals surface area contributed by atoms with Crippen molar-refractivity contribution in [2.75, 3.05) is 13.2 Å². The van der Waals surface area contributed by atoms with Crippen LogP contribution >= 0.6 is 0 Å². The number of ether oxygens (including phenoxy) is 6. The highest BCUT2D eigenvalue weighted by molar-refractivity contribution is 5.14. The van der Waals surface area contributed by atoms with E-state index in [0.29, 0.717) is 30.5 Å². The molecule has 8 unspecified atom stereocenters. The molecule has 0 N–H and O–H groups in total. The Kier molecular flexibility index (Phi) is 6.05. The number of epoxide rings is 5. The van der Waals surface area contributed by atoms with Crippen LogP contribution in [0.5, 0.6) is 0 Å². The summed E-state index contributed by atoms with van der Waals surface area (Å²) in [5.41, 5.74) is 0.302. The fourth-order valence-corrected chi connectivity index (χ4v) is 7.43. The van der Waals surface area contributed by atoms with Crippen molar-refractivity contribution in [1.29, 1.82) is 0 Å². The summed E-state index contributed by atoms with van der Waals surface area (Å²) in [6.07, 6.45) is 13.1. The Morgan fingerprint density at radius 2 is 1.42 bits per heavy atom. The van der Waals surface area contributed by atoms with Gasteiger partial charge in [0.25, 0.3) is 0 Å². The molecule has 36 heavy (non-hydrogen) atoms. The molecule has 0 aromatic rings. The Balaban J connectivity index is 0.973. The maximum atomic E-state index is 6.42. The highest BCUT2D eigenvalue weighted by Crippen LogP contribution is 2.62. The quantitative estimate of drug-likeness (QED) is 0.280. The monoisotopic (exact) mass is 506 g/mol. The van der Waals surface area contributed by atoms with E-state index in [1.807, 2.05) is 0 Å². The summed E-state index contributed by atoms with van der Waals surface area (Å²) >= 11 is 0. The van der Waals surface area contributed by atoms with Crippen molar-refractivity contribution >= 4 is 0 Å². The van der Waals surface area contributed by atoms with E-state index in [0.717, 1.165) is 64.6 Å². The van der Waals surface area contributed by atoms with Gasteiger partial charge in [-0.2, -0.15) is 0 Å². The first kappa shape index (κ1) is 26.0. The van der Waals surface area contributed by atoms with Crippen molar-refractivity contribution in [1.82, 2.24) is 0 Å². The molecule has 0 amide bonds. The van der Waals surface area contributed by atoms with Gasteiger partial charge in [-0.25, -0.2) is 0 Å². The normalized spacial score (nSPS) is 47.2. The van der Waals surface area contributed by atoms with Gasteiger partial charge in [-0.15, -0.1) is 0 Å². The van der Waals surface area contributed by atoms with Crippen LogP contribution < -0.4 is 0 Å². The summed E-state index contributed by atoms with van der Waals surface area (Å²) < 4.78 is 36.6. The highest BCUT2D eigenvalue weighted by Gasteiger charge is 2.66. The zero-order valence-electron chi connectivity index (χ0n) is 23.8. The zero-order valence-corrected chi connectivity index (χ0v) is 23.8. The predicted molar refractivity (Wildman–Crippen MR) is 137 cm³/mol. The first-order chi connectivity index (χ1) is 16.8. The van der Waals surface area contributed by atoms with E-state index in [9.17, 15) is 0 Å². The minimum absolute atomic E-state index is 0.00445. The Morgan fingerprint density at radius 3 is 2.06 bits per heavy atom. The van der Waals surface area contributed by atoms with Gasteiger partial charge in [-0.3, -0.25) is 0 Å². The molecule has 6 heteroatoms. The molecule has 0 aromatic heterocycles. The molecule has 5 heterocycles. The molecule has 5 saturated heterocycles. The highest BCUT2D eigenvalue weighted by atomic mass is 16.6. The van der Waals surface area contributed by atoms with Crippen molar-refractivity contribution < 1.29 is 28.4 Å². The third kappa shape index (κ3) is 5.29. The first-order valence-electron chi connectivity index (χ1n) is 14.7. The van der Waals surface area contributed by atoms with Gasteiger partial charge in [0.05, 0.1) is 71.7 Å². The molecule has 6 fully saturated rings. The molecule has 0 spiro atoms. The molecular formula is C30H50O6. The molecule has 1 saturated carbocycles. The maximum Gasteiger partial charge on any atom is 0.0976 e. The Bertz CT molecular complexity index is 850. The molecule has 6 nitrogen and oxygen atoms in total. The second-order valence-electron chi connectivity index (χ2n) is 14.9. The van der Waals surface area contributed by atoms with E-state index < -0.39 is 0 Å². The van der Waals surface area contributed by atoms with Crippen molar-refractivity contribution in [3.63, 3.8) is 0 Å². The number of hydrogen-bond donors (Lipinski definition) is 0. The standard InChI is InChI=1S/C30H50O6/c1-25(2,12-8-20-26(3,4)33-20)32-17-16-30-19-29(24-18-31-24,15-11-23(30)36-30)14-10-22-28(7,35-22)13-9-21-27(5,6)34-21/h20-24H,8-19H2,1-7H3. The predicted octanol–water partition coefficient (Wildman–Crippen LogP) is 5.73. The minimum Gasteiger partial charge on any atom is -0.375 e. The van der Waals surface area contributed by atoms with Gasteiger partial charge in [0.1, 0.15) is 0 Å². The van der Waals surface area contributed by atoms with Crippen LogP contribution in [0.4, 0.5) is 0 Å². The lowest BCUT2D eigenvalue weighted by molar-refractivity contribution is -0.0374. The summed E-state index contributed by atoms with van der Waals surface area (Å²) in [6.45, 7) is 17.1. The summed E-state index contributed by atoms with van der Waals surface area (Å²) in [6, 6.07) is 0. The second-order valence-corrected chi connectivity index (χ2v) is 14.9. The van der Waals surface area contributed by atoms with Crippen LogP contribution in [0, 0.1) is 5.41 Å². The van der Waals surface area contributed by atoms with Gasteiger partial charge >= 0.3 is 0 Å². The van der Waals surface area contributed by atoms with Gasteiger partial charge in [0, 0.05) is 11.8 Å². The fourth-order valence-electron chi connectivity index (χ4n) is 7.43. The van der Waals surface area contributed by atoms with Crippen LogP contribution in [0.3, 0.4) is 0 Å². The van der Waals surface area contributed by atoms with E-state index in [-0.39, 0.29) is 33.4 Å². The van der Waals surface area contributed by atoms with E-state index in [1.54, 1.807) is 0 Å². The van der Waals surface area contributed by atoms with Crippen molar-refractivity contribution in [3.8, 4) is 0 Å². The fraction of sp³-hybridized carbons (Fsp3) is 1.00. The molecule has 206 valence electrons. The Morgan fingerprint density at radius 1 is 0.778 bits per heavy atom. The van der Waals surface area contributed by atoms with Gasteiger partial charge in [-0.05, 0) is 106 Å². The van der Waals surface area contributed by atoms with Crippen molar-refractivity contribution in [3.05, 3.63) is 0 Å². The van der Waals surface area contributed by atoms with Crippen LogP contribution in [0.2, 0.25) is 0 Å². The van der Waals surface area contributed by atoms with Gasteiger partial charge < -0.3 is 28.4 Å². The molecule has 1 aliphatic carbocycles. The SMILES string of the molecule is CC(C)(CCC1OC1(C)C)OCCC12CC(CCC3OC3(C)CCC3OC3(C)C)(C3CO3)CCC1O2. The Labute approximate surface area is 218 Å². The molecule has 5 aliphatic heterocycles. The van der Waals surface area contributed by atoms with E-state index in [4.69, 9.17) is 28.4 Å². The maximum absolute atomic E-state index is 6.42. The topological polar surface area (TPSA) is 71.9 Å². The molecule has 8 atom stereocenters. The lowest BCUT2D eigenvalue weighted by Gasteiger charge is -2.38. The van der Waals surface area contributed by atoms with E-state index >= 15 is 0 Å². The van der Waals surface area contributed by atoms with E-state index in [2.05, 4.69) is 48.5 Å². The molecule has 0 bridgehead atoms. The zero-order chi connectivity index (χ0) is 25.6. The minimum atomic E-state index is -0.122. The molecular weight excluding hydrogens is 456 g/mol. The van der Waals surface area contributed by atoms with E-state index in [1.165, 1.54) is 12.8 Å². The Hall–Kier alpha value is -0.240. The van der Waals surface area contributed by atoms with Crippen LogP contribution in [0.15, 0.2) is 0 Å². The van der Waals surface area contributed by atoms with Gasteiger partial charge in [0.2, 0.25) is 0 Å². The van der Waals surface area contributed by atoms with Crippen LogP contribution in [-0.2, 0) is 28.4 Å². The number of fused-ring (bicyclic) bond motifs is 1. The summed E-state index contributed by atoms with van der Waals surface area (Å²) in [7, 11) is 0. The number of hydrogen-bond acceptors (Lipinski definition) is 6. The second kappa shape index (κ2) is 8.38. The van der Waals surface area contributed by atoms with Crippen LogP contribution in [-0.4, -0.2) is 71.7 Å². The molecule has 6 rings (SSSR count). The molecule has 0 aromatic carbocycles. The largest absolute Gasteiger partial charge is 0.375 e. The molecule has 6 aliphatic rings. The third-order valence-corrected chi connectivity index (χ3v) is 10.7. The summed E-state index contributed by atoms with van der Waals surface area (Å²) in [5.74, 6) is 0. The number of rotatable bonds is 14. The van der Waals surface area contributed by atoms with Gasteiger partial charge in [-0.1, -0.05) is 0 Å². The van der Waals surface area contributed by atoms with Crippen molar-refractivity contribution in [2.45, 2.75) is 171 Å². The average molecular weight is 507 g/mol.